The van der Waals surface area contributed by atoms with Crippen molar-refractivity contribution < 1.29 is 14.4 Å². The lowest BCUT2D eigenvalue weighted by molar-refractivity contribution is -0.145. The van der Waals surface area contributed by atoms with Crippen molar-refractivity contribution >= 4 is 34.4 Å². The first-order chi connectivity index (χ1) is 23.5. The van der Waals surface area contributed by atoms with Crippen molar-refractivity contribution in [3.63, 3.8) is 0 Å². The predicted octanol–water partition coefficient (Wildman–Crippen LogP) is 3.56. The third-order valence-corrected chi connectivity index (χ3v) is 11.2. The smallest absolute Gasteiger partial charge is 0.322 e. The van der Waals surface area contributed by atoms with Gasteiger partial charge >= 0.3 is 6.03 Å². The molecule has 3 fully saturated rings. The van der Waals surface area contributed by atoms with E-state index >= 15 is 0 Å². The molecule has 5 heterocycles. The van der Waals surface area contributed by atoms with Gasteiger partial charge in [-0.15, -0.1) is 0 Å². The molecule has 1 aromatic heterocycles. The summed E-state index contributed by atoms with van der Waals surface area (Å²) in [6.45, 7) is 8.20. The number of carbonyl (C=O) groups excluding carboxylic acids is 3. The summed E-state index contributed by atoms with van der Waals surface area (Å²) >= 11 is 0. The summed E-state index contributed by atoms with van der Waals surface area (Å²) in [4.78, 5) is 47.8. The Balaban J connectivity index is 1.06. The molecule has 3 aromatic rings. The van der Waals surface area contributed by atoms with E-state index in [0.717, 1.165) is 92.4 Å². The van der Waals surface area contributed by atoms with Gasteiger partial charge in [-0.1, -0.05) is 31.2 Å². The van der Waals surface area contributed by atoms with Gasteiger partial charge in [0.15, 0.2) is 0 Å². The molecule has 0 saturated carbocycles. The topological polar surface area (TPSA) is 126 Å². The zero-order valence-electron chi connectivity index (χ0n) is 28.2. The third-order valence-electron chi connectivity index (χ3n) is 11.2. The molecular weight excluding hydrogens is 604 g/mol. The Hall–Kier alpha value is -3.96. The summed E-state index contributed by atoms with van der Waals surface area (Å²) < 4.78 is 0. The number of nitrogens with one attached hydrogen (secondary N) is 4. The van der Waals surface area contributed by atoms with Crippen LogP contribution in [0.15, 0.2) is 42.6 Å². The first-order valence-electron chi connectivity index (χ1n) is 18.1. The highest BCUT2D eigenvalue weighted by Gasteiger charge is 2.38. The van der Waals surface area contributed by atoms with Crippen LogP contribution in [0.2, 0.25) is 0 Å². The largest absolute Gasteiger partial charge is 0.343 e. The number of para-hydroxylation sites is 1. The number of benzene rings is 2. The van der Waals surface area contributed by atoms with Crippen molar-refractivity contribution in [2.24, 2.45) is 11.8 Å². The standard InChI is InChI=1S/C37H50N8O3/c1-2-26-19-25(21-30-23-40-42-35(26)30)20-29(36(47)45-18-14-39-24-33(45)28-7-12-38-13-8-28)22-34(46)43-15-10-31(11-16-43)44-17-9-27-5-3-4-6-32(27)41-37(44)48/h3-6,19,21,23,28-29,31,33,38-39H,2,7-18,20,22,24H2,1H3,(H,40,42)(H,41,48). The molecule has 7 rings (SSSR count). The second kappa shape index (κ2) is 14.7. The molecule has 2 atom stereocenters. The number of hydrogen-bond acceptors (Lipinski definition) is 6. The number of hydrogen-bond donors (Lipinski definition) is 4. The number of carbonyl (C=O) groups is 3. The normalized spacial score (nSPS) is 21.9. The molecular formula is C37H50N8O3. The Morgan fingerprint density at radius 1 is 0.979 bits per heavy atom. The lowest BCUT2D eigenvalue weighted by Crippen LogP contribution is -2.59. The van der Waals surface area contributed by atoms with Crippen LogP contribution in [0.25, 0.3) is 10.9 Å². The van der Waals surface area contributed by atoms with Gasteiger partial charge in [-0.25, -0.2) is 4.79 Å². The van der Waals surface area contributed by atoms with Gasteiger partial charge in [0.25, 0.3) is 0 Å². The molecule has 0 radical (unpaired) electrons. The molecule has 2 aromatic carbocycles. The van der Waals surface area contributed by atoms with Crippen LogP contribution < -0.4 is 16.0 Å². The lowest BCUT2D eigenvalue weighted by atomic mass is 9.86. The molecule has 0 aliphatic carbocycles. The summed E-state index contributed by atoms with van der Waals surface area (Å²) in [6, 6.07) is 12.5. The fraction of sp³-hybridized carbons (Fsp3) is 0.568. The van der Waals surface area contributed by atoms with Crippen LogP contribution in [-0.4, -0.2) is 107 Å². The van der Waals surface area contributed by atoms with E-state index in [-0.39, 0.29) is 36.3 Å². The fourth-order valence-corrected chi connectivity index (χ4v) is 8.52. The second-order valence-corrected chi connectivity index (χ2v) is 14.1. The monoisotopic (exact) mass is 654 g/mol. The maximum Gasteiger partial charge on any atom is 0.322 e. The number of aryl methyl sites for hydroxylation is 1. The molecule has 3 saturated heterocycles. The number of likely N-dealkylation sites (tertiary alicyclic amines) is 1. The molecule has 0 spiro atoms. The van der Waals surface area contributed by atoms with Crippen molar-refractivity contribution in [1.82, 2.24) is 35.5 Å². The number of anilines is 1. The molecule has 256 valence electrons. The van der Waals surface area contributed by atoms with Crippen LogP contribution in [0.1, 0.15) is 55.7 Å². The molecule has 4 N–H and O–H groups in total. The number of fused-ring (bicyclic) bond motifs is 2. The van der Waals surface area contributed by atoms with E-state index in [1.807, 2.05) is 34.2 Å². The van der Waals surface area contributed by atoms with Gasteiger partial charge in [0.2, 0.25) is 11.8 Å². The zero-order chi connectivity index (χ0) is 33.0. The van der Waals surface area contributed by atoms with E-state index in [4.69, 9.17) is 0 Å². The molecule has 2 unspecified atom stereocenters. The quantitative estimate of drug-likeness (QED) is 0.295. The lowest BCUT2D eigenvalue weighted by Gasteiger charge is -2.44. The second-order valence-electron chi connectivity index (χ2n) is 14.1. The average molecular weight is 655 g/mol. The van der Waals surface area contributed by atoms with Crippen LogP contribution in [-0.2, 0) is 28.9 Å². The Kier molecular flexibility index (Phi) is 9.95. The first-order valence-corrected chi connectivity index (χ1v) is 18.1. The predicted molar refractivity (Wildman–Crippen MR) is 187 cm³/mol. The van der Waals surface area contributed by atoms with Gasteiger partial charge in [0, 0.05) is 68.8 Å². The van der Waals surface area contributed by atoms with Crippen molar-refractivity contribution in [2.75, 3.05) is 57.7 Å². The number of piperazine rings is 1. The molecule has 4 aliphatic rings. The highest BCUT2D eigenvalue weighted by molar-refractivity contribution is 5.91. The number of H-pyrrole nitrogens is 1. The minimum absolute atomic E-state index is 0.0354. The Bertz CT molecular complexity index is 1610. The van der Waals surface area contributed by atoms with Crippen molar-refractivity contribution in [3.8, 4) is 0 Å². The third kappa shape index (κ3) is 6.94. The van der Waals surface area contributed by atoms with Crippen LogP contribution in [0.4, 0.5) is 10.5 Å². The van der Waals surface area contributed by atoms with Gasteiger partial charge < -0.3 is 30.7 Å². The number of urea groups is 1. The number of amides is 4. The summed E-state index contributed by atoms with van der Waals surface area (Å²) in [7, 11) is 0. The first kappa shape index (κ1) is 32.6. The van der Waals surface area contributed by atoms with Gasteiger partial charge in [-0.05, 0) is 92.8 Å². The summed E-state index contributed by atoms with van der Waals surface area (Å²) in [5.74, 6) is 0.153. The number of nitrogens with zero attached hydrogens (tertiary/aromatic N) is 4. The van der Waals surface area contributed by atoms with Crippen molar-refractivity contribution in [3.05, 3.63) is 59.3 Å². The maximum atomic E-state index is 14.6. The van der Waals surface area contributed by atoms with Gasteiger partial charge in [0.05, 0.1) is 17.6 Å². The van der Waals surface area contributed by atoms with Crippen molar-refractivity contribution in [2.45, 2.75) is 70.4 Å². The van der Waals surface area contributed by atoms with Crippen LogP contribution >= 0.6 is 0 Å². The minimum atomic E-state index is -0.443. The Morgan fingerprint density at radius 3 is 2.60 bits per heavy atom. The van der Waals surface area contributed by atoms with E-state index in [0.29, 0.717) is 38.5 Å². The highest BCUT2D eigenvalue weighted by atomic mass is 16.2. The van der Waals surface area contributed by atoms with Crippen molar-refractivity contribution in [1.29, 1.82) is 0 Å². The average Bonchev–Trinajstić information content (AvgIpc) is 3.54. The number of aromatic nitrogens is 2. The number of aromatic amines is 1. The fourth-order valence-electron chi connectivity index (χ4n) is 8.52. The van der Waals surface area contributed by atoms with Gasteiger partial charge in [0.1, 0.15) is 0 Å². The van der Waals surface area contributed by atoms with Crippen LogP contribution in [0.5, 0.6) is 0 Å². The number of piperidine rings is 2. The molecule has 0 bridgehead atoms. The molecule has 4 amide bonds. The summed E-state index contributed by atoms with van der Waals surface area (Å²) in [6.07, 6.45) is 7.82. The molecule has 11 nitrogen and oxygen atoms in total. The Morgan fingerprint density at radius 2 is 1.79 bits per heavy atom. The zero-order valence-corrected chi connectivity index (χ0v) is 28.2. The Labute approximate surface area is 283 Å². The van der Waals surface area contributed by atoms with Crippen LogP contribution in [0, 0.1) is 11.8 Å². The summed E-state index contributed by atoms with van der Waals surface area (Å²) in [5, 5.41) is 18.5. The molecule has 48 heavy (non-hydrogen) atoms. The maximum absolute atomic E-state index is 14.6. The minimum Gasteiger partial charge on any atom is -0.343 e. The SMILES string of the molecule is CCc1cc(CC(CC(=O)N2CCC(N3CCc4ccccc4NC3=O)CC2)C(=O)N2CCNCC2C2CCNCC2)cc2cn[nH]c12. The van der Waals surface area contributed by atoms with E-state index in [1.165, 1.54) is 5.56 Å². The van der Waals surface area contributed by atoms with E-state index in [1.54, 1.807) is 0 Å². The van der Waals surface area contributed by atoms with E-state index in [9.17, 15) is 14.4 Å². The summed E-state index contributed by atoms with van der Waals surface area (Å²) in [5.41, 5.74) is 5.33. The van der Waals surface area contributed by atoms with E-state index in [2.05, 4.69) is 56.2 Å². The molecule has 4 aliphatic heterocycles. The van der Waals surface area contributed by atoms with Gasteiger partial charge in [-0.2, -0.15) is 5.10 Å². The van der Waals surface area contributed by atoms with E-state index < -0.39 is 5.92 Å². The van der Waals surface area contributed by atoms with Crippen LogP contribution in [0.3, 0.4) is 0 Å². The molecule has 11 heteroatoms. The number of rotatable bonds is 8. The highest BCUT2D eigenvalue weighted by Crippen LogP contribution is 2.29. The van der Waals surface area contributed by atoms with Gasteiger partial charge in [-0.3, -0.25) is 14.7 Å².